The summed E-state index contributed by atoms with van der Waals surface area (Å²) < 4.78 is 39.4. The van der Waals surface area contributed by atoms with Crippen LogP contribution >= 0.6 is 11.6 Å². The lowest BCUT2D eigenvalue weighted by atomic mass is 10.2. The Morgan fingerprint density at radius 1 is 1.06 bits per heavy atom. The SMILES string of the molecule is COc1cc(O[C@@H](C)c2ncccn2)c2c(Nc3ccc(F)c(Cl)c3F)ncnc2c1. The van der Waals surface area contributed by atoms with Crippen molar-refractivity contribution >= 4 is 34.0 Å². The Kier molecular flexibility index (Phi) is 5.77. The molecule has 0 aliphatic carbocycles. The van der Waals surface area contributed by atoms with Crippen LogP contribution < -0.4 is 14.8 Å². The first-order valence-corrected chi connectivity index (χ1v) is 9.52. The van der Waals surface area contributed by atoms with Crippen molar-refractivity contribution in [2.45, 2.75) is 13.0 Å². The molecule has 0 unspecified atom stereocenters. The van der Waals surface area contributed by atoms with Gasteiger partial charge in [0, 0.05) is 24.5 Å². The van der Waals surface area contributed by atoms with E-state index in [2.05, 4.69) is 25.3 Å². The fraction of sp³-hybridized carbons (Fsp3) is 0.143. The first kappa shape index (κ1) is 20.7. The van der Waals surface area contributed by atoms with Gasteiger partial charge in [0.05, 0.1) is 23.7 Å². The van der Waals surface area contributed by atoms with Crippen LogP contribution in [0.15, 0.2) is 49.1 Å². The van der Waals surface area contributed by atoms with Crippen molar-refractivity contribution in [1.82, 2.24) is 19.9 Å². The van der Waals surface area contributed by atoms with E-state index >= 15 is 0 Å². The predicted octanol–water partition coefficient (Wildman–Crippen LogP) is 5.24. The minimum Gasteiger partial charge on any atom is -0.497 e. The zero-order valence-corrected chi connectivity index (χ0v) is 17.2. The first-order chi connectivity index (χ1) is 15.0. The van der Waals surface area contributed by atoms with Gasteiger partial charge in [-0.25, -0.2) is 28.7 Å². The van der Waals surface area contributed by atoms with E-state index < -0.39 is 22.8 Å². The van der Waals surface area contributed by atoms with Gasteiger partial charge >= 0.3 is 0 Å². The van der Waals surface area contributed by atoms with Gasteiger partial charge in [-0.05, 0) is 25.1 Å². The highest BCUT2D eigenvalue weighted by Crippen LogP contribution is 2.38. The molecule has 1 N–H and O–H groups in total. The van der Waals surface area contributed by atoms with E-state index in [-0.39, 0.29) is 11.5 Å². The Labute approximate surface area is 181 Å². The van der Waals surface area contributed by atoms with Crippen molar-refractivity contribution in [3.05, 3.63) is 71.5 Å². The largest absolute Gasteiger partial charge is 0.497 e. The number of fused-ring (bicyclic) bond motifs is 1. The van der Waals surface area contributed by atoms with Gasteiger partial charge in [-0.1, -0.05) is 11.6 Å². The molecule has 2 aromatic carbocycles. The molecule has 0 aliphatic heterocycles. The molecule has 0 aliphatic rings. The number of aromatic nitrogens is 4. The second-order valence-corrected chi connectivity index (χ2v) is 6.83. The Morgan fingerprint density at radius 3 is 2.58 bits per heavy atom. The standard InChI is InChI=1S/C21H16ClF2N5O2/c1-11(20-25-6-3-7-26-20)31-16-9-12(30-2)8-15-17(16)21(28-10-27-15)29-14-5-4-13(23)18(22)19(14)24/h3-11H,1-2H3,(H,27,28,29)/t11-/m0/s1. The van der Waals surface area contributed by atoms with E-state index in [4.69, 9.17) is 21.1 Å². The molecule has 0 saturated heterocycles. The molecule has 2 aromatic heterocycles. The maximum Gasteiger partial charge on any atom is 0.168 e. The van der Waals surface area contributed by atoms with Crippen LogP contribution in [0.2, 0.25) is 5.02 Å². The molecule has 1 atom stereocenters. The third-order valence-electron chi connectivity index (χ3n) is 4.45. The number of hydrogen-bond acceptors (Lipinski definition) is 7. The van der Waals surface area contributed by atoms with Crippen LogP contribution in [0.5, 0.6) is 11.5 Å². The fourth-order valence-electron chi connectivity index (χ4n) is 2.95. The van der Waals surface area contributed by atoms with Crippen LogP contribution in [0.1, 0.15) is 18.9 Å². The second kappa shape index (κ2) is 8.65. The van der Waals surface area contributed by atoms with Crippen LogP contribution in [-0.4, -0.2) is 27.0 Å². The highest BCUT2D eigenvalue weighted by Gasteiger charge is 2.19. The minimum atomic E-state index is -0.935. The molecule has 2 heterocycles. The summed E-state index contributed by atoms with van der Waals surface area (Å²) in [5, 5.41) is 2.69. The lowest BCUT2D eigenvalue weighted by Gasteiger charge is -2.18. The molecular formula is C21H16ClF2N5O2. The second-order valence-electron chi connectivity index (χ2n) is 6.46. The van der Waals surface area contributed by atoms with Crippen molar-refractivity contribution in [3.8, 4) is 11.5 Å². The number of ether oxygens (including phenoxy) is 2. The summed E-state index contributed by atoms with van der Waals surface area (Å²) in [6.07, 6.45) is 4.02. The molecule has 0 radical (unpaired) electrons. The lowest BCUT2D eigenvalue weighted by molar-refractivity contribution is 0.218. The van der Waals surface area contributed by atoms with E-state index in [1.54, 1.807) is 37.5 Å². The summed E-state index contributed by atoms with van der Waals surface area (Å²) in [4.78, 5) is 16.9. The van der Waals surface area contributed by atoms with Gasteiger partial charge in [-0.3, -0.25) is 0 Å². The third-order valence-corrected chi connectivity index (χ3v) is 4.80. The van der Waals surface area contributed by atoms with Crippen LogP contribution in [0.3, 0.4) is 0 Å². The number of nitrogens with zero attached hydrogens (tertiary/aromatic N) is 4. The molecular weight excluding hydrogens is 428 g/mol. The summed E-state index contributed by atoms with van der Waals surface area (Å²) in [5.74, 6) is -0.208. The van der Waals surface area contributed by atoms with Crippen molar-refractivity contribution in [1.29, 1.82) is 0 Å². The highest BCUT2D eigenvalue weighted by molar-refractivity contribution is 6.31. The maximum absolute atomic E-state index is 14.5. The average Bonchev–Trinajstić information content (AvgIpc) is 2.79. The molecule has 0 amide bonds. The number of rotatable bonds is 6. The average molecular weight is 444 g/mol. The molecule has 0 bridgehead atoms. The fourth-order valence-corrected chi connectivity index (χ4v) is 3.11. The topological polar surface area (TPSA) is 82.0 Å². The normalized spacial score (nSPS) is 11.9. The third kappa shape index (κ3) is 4.17. The molecule has 0 fully saturated rings. The molecule has 0 saturated carbocycles. The maximum atomic E-state index is 14.5. The van der Waals surface area contributed by atoms with Crippen LogP contribution in [0, 0.1) is 11.6 Å². The monoisotopic (exact) mass is 443 g/mol. The predicted molar refractivity (Wildman–Crippen MR) is 112 cm³/mol. The van der Waals surface area contributed by atoms with Gasteiger partial charge in [0.15, 0.2) is 17.7 Å². The van der Waals surface area contributed by atoms with Crippen LogP contribution in [0.25, 0.3) is 10.9 Å². The number of nitrogens with one attached hydrogen (secondary N) is 1. The Balaban J connectivity index is 1.81. The summed E-state index contributed by atoms with van der Waals surface area (Å²) in [6.45, 7) is 1.79. The molecule has 4 rings (SSSR count). The van der Waals surface area contributed by atoms with Crippen molar-refractivity contribution in [3.63, 3.8) is 0 Å². The van der Waals surface area contributed by atoms with Gasteiger partial charge in [0.25, 0.3) is 0 Å². The number of methoxy groups -OCH3 is 1. The van der Waals surface area contributed by atoms with Gasteiger partial charge in [0.1, 0.15) is 34.5 Å². The van der Waals surface area contributed by atoms with E-state index in [1.165, 1.54) is 19.5 Å². The quantitative estimate of drug-likeness (QED) is 0.408. The zero-order chi connectivity index (χ0) is 22.0. The smallest absolute Gasteiger partial charge is 0.168 e. The van der Waals surface area contributed by atoms with Crippen molar-refractivity contribution in [2.75, 3.05) is 12.4 Å². The van der Waals surface area contributed by atoms with Gasteiger partial charge in [0.2, 0.25) is 0 Å². The van der Waals surface area contributed by atoms with E-state index in [0.29, 0.717) is 28.2 Å². The molecule has 158 valence electrons. The Morgan fingerprint density at radius 2 is 1.84 bits per heavy atom. The summed E-state index contributed by atoms with van der Waals surface area (Å²) in [6, 6.07) is 7.34. The molecule has 4 aromatic rings. The number of anilines is 2. The summed E-state index contributed by atoms with van der Waals surface area (Å²) in [7, 11) is 1.52. The van der Waals surface area contributed by atoms with Gasteiger partial charge in [-0.15, -0.1) is 0 Å². The van der Waals surface area contributed by atoms with Crippen molar-refractivity contribution < 1.29 is 18.3 Å². The van der Waals surface area contributed by atoms with E-state index in [1.807, 2.05) is 0 Å². The number of halogens is 3. The Hall–Kier alpha value is -3.59. The number of benzene rings is 2. The zero-order valence-electron chi connectivity index (χ0n) is 16.4. The molecule has 7 nitrogen and oxygen atoms in total. The van der Waals surface area contributed by atoms with E-state index in [0.717, 1.165) is 6.07 Å². The summed E-state index contributed by atoms with van der Waals surface area (Å²) >= 11 is 5.70. The van der Waals surface area contributed by atoms with E-state index in [9.17, 15) is 8.78 Å². The molecule has 31 heavy (non-hydrogen) atoms. The molecule has 10 heteroatoms. The van der Waals surface area contributed by atoms with Gasteiger partial charge < -0.3 is 14.8 Å². The highest BCUT2D eigenvalue weighted by atomic mass is 35.5. The number of hydrogen-bond donors (Lipinski definition) is 1. The van der Waals surface area contributed by atoms with Crippen LogP contribution in [-0.2, 0) is 0 Å². The van der Waals surface area contributed by atoms with Crippen molar-refractivity contribution in [2.24, 2.45) is 0 Å². The summed E-state index contributed by atoms with van der Waals surface area (Å²) in [5.41, 5.74) is 0.439. The molecule has 0 spiro atoms. The lowest BCUT2D eigenvalue weighted by Crippen LogP contribution is -2.08. The van der Waals surface area contributed by atoms with Crippen LogP contribution in [0.4, 0.5) is 20.3 Å². The minimum absolute atomic E-state index is 0.0485. The van der Waals surface area contributed by atoms with Gasteiger partial charge in [-0.2, -0.15) is 0 Å². The Bertz CT molecular complexity index is 1240. The first-order valence-electron chi connectivity index (χ1n) is 9.14.